The molecule has 0 aromatic heterocycles. The first-order chi connectivity index (χ1) is 6.32. The maximum absolute atomic E-state index is 11.5. The molecule has 1 saturated heterocycles. The van der Waals surface area contributed by atoms with Gasteiger partial charge in [0.2, 0.25) is 5.91 Å². The van der Waals surface area contributed by atoms with Crippen molar-refractivity contribution in [3.63, 3.8) is 0 Å². The third-order valence-electron chi connectivity index (χ3n) is 3.29. The number of hydrogen-bond donors (Lipinski definition) is 1. The average molecular weight is 198 g/mol. The summed E-state index contributed by atoms with van der Waals surface area (Å²) in [6, 6.07) is 0. The Morgan fingerprint density at radius 1 is 1.57 bits per heavy atom. The lowest BCUT2D eigenvalue weighted by Gasteiger charge is -2.32. The second-order valence-corrected chi connectivity index (χ2v) is 5.37. The van der Waals surface area contributed by atoms with E-state index in [0.717, 1.165) is 6.54 Å². The van der Waals surface area contributed by atoms with E-state index >= 15 is 0 Å². The van der Waals surface area contributed by atoms with Gasteiger partial charge in [-0.1, -0.05) is 27.7 Å². The summed E-state index contributed by atoms with van der Waals surface area (Å²) in [6.45, 7) is 12.3. The molecule has 3 heteroatoms. The molecular formula is C11H22N2O. The Kier molecular flexibility index (Phi) is 3.20. The molecule has 0 saturated carbocycles. The molecule has 1 aliphatic rings. The summed E-state index contributed by atoms with van der Waals surface area (Å²) in [5.74, 6) is 0.752. The minimum Gasteiger partial charge on any atom is -0.326 e. The Hall–Kier alpha value is -0.570. The number of nitrogens with one attached hydrogen (secondary N) is 1. The lowest BCUT2D eigenvalue weighted by molar-refractivity contribution is -0.128. The molecule has 2 atom stereocenters. The molecule has 1 aliphatic heterocycles. The van der Waals surface area contributed by atoms with Crippen LogP contribution in [0.15, 0.2) is 0 Å². The van der Waals surface area contributed by atoms with Crippen molar-refractivity contribution in [2.45, 2.75) is 40.8 Å². The summed E-state index contributed by atoms with van der Waals surface area (Å²) >= 11 is 0. The third-order valence-corrected chi connectivity index (χ3v) is 3.29. The molecule has 1 amide bonds. The number of nitrogens with zero attached hydrogens (tertiary/aromatic N) is 1. The van der Waals surface area contributed by atoms with Crippen LogP contribution < -0.4 is 5.32 Å². The first kappa shape index (κ1) is 11.5. The molecule has 1 fully saturated rings. The first-order valence-corrected chi connectivity index (χ1v) is 5.35. The fraction of sp³-hybridized carbons (Fsp3) is 0.909. The number of amides is 1. The maximum atomic E-state index is 11.5. The molecule has 1 rings (SSSR count). The van der Waals surface area contributed by atoms with Gasteiger partial charge in [-0.25, -0.2) is 0 Å². The van der Waals surface area contributed by atoms with Gasteiger partial charge in [-0.3, -0.25) is 10.1 Å². The van der Waals surface area contributed by atoms with Gasteiger partial charge < -0.3 is 4.90 Å². The number of carbonyl (C=O) groups excluding carboxylic acids is 1. The highest BCUT2D eigenvalue weighted by Gasteiger charge is 2.31. The predicted octanol–water partition coefficient (Wildman–Crippen LogP) is 1.45. The van der Waals surface area contributed by atoms with Crippen LogP contribution in [-0.2, 0) is 4.79 Å². The van der Waals surface area contributed by atoms with Gasteiger partial charge in [0.05, 0.1) is 12.7 Å². The van der Waals surface area contributed by atoms with Gasteiger partial charge in [0.15, 0.2) is 0 Å². The van der Waals surface area contributed by atoms with Crippen LogP contribution in [0.4, 0.5) is 0 Å². The lowest BCUT2D eigenvalue weighted by atomic mass is 9.82. The summed E-state index contributed by atoms with van der Waals surface area (Å²) in [5.41, 5.74) is 0.266. The van der Waals surface area contributed by atoms with Crippen molar-refractivity contribution in [1.29, 1.82) is 0 Å². The van der Waals surface area contributed by atoms with E-state index in [4.69, 9.17) is 0 Å². The summed E-state index contributed by atoms with van der Waals surface area (Å²) in [5, 5.41) is 3.15. The minimum absolute atomic E-state index is 0.201. The quantitative estimate of drug-likeness (QED) is 0.728. The van der Waals surface area contributed by atoms with E-state index < -0.39 is 0 Å². The molecule has 0 radical (unpaired) electrons. The zero-order valence-corrected chi connectivity index (χ0v) is 9.92. The fourth-order valence-electron chi connectivity index (χ4n) is 1.49. The van der Waals surface area contributed by atoms with Gasteiger partial charge in [-0.2, -0.15) is 0 Å². The molecular weight excluding hydrogens is 176 g/mol. The Labute approximate surface area is 86.9 Å². The monoisotopic (exact) mass is 198 g/mol. The molecule has 82 valence electrons. The molecule has 1 heterocycles. The summed E-state index contributed by atoms with van der Waals surface area (Å²) < 4.78 is 0. The number of rotatable bonds is 2. The standard InChI is InChI=1S/C11H22N2O/c1-8(11(3,4)5)7-13-9(2)12-6-10(13)14/h8-9,12H,6-7H2,1-5H3. The Balaban J connectivity index is 2.55. The number of hydrogen-bond acceptors (Lipinski definition) is 2. The minimum atomic E-state index is 0.201. The SMILES string of the molecule is CC1NCC(=O)N1CC(C)C(C)(C)C. The van der Waals surface area contributed by atoms with E-state index in [2.05, 4.69) is 33.0 Å². The van der Waals surface area contributed by atoms with E-state index in [1.807, 2.05) is 11.8 Å². The van der Waals surface area contributed by atoms with Crippen molar-refractivity contribution in [3.05, 3.63) is 0 Å². The first-order valence-electron chi connectivity index (χ1n) is 5.35. The van der Waals surface area contributed by atoms with Crippen molar-refractivity contribution < 1.29 is 4.79 Å². The van der Waals surface area contributed by atoms with Crippen LogP contribution in [0.3, 0.4) is 0 Å². The fourth-order valence-corrected chi connectivity index (χ4v) is 1.49. The highest BCUT2D eigenvalue weighted by Crippen LogP contribution is 2.26. The zero-order chi connectivity index (χ0) is 10.9. The van der Waals surface area contributed by atoms with Gasteiger partial charge in [-0.05, 0) is 18.3 Å². The molecule has 2 unspecified atom stereocenters. The Morgan fingerprint density at radius 3 is 2.50 bits per heavy atom. The van der Waals surface area contributed by atoms with Gasteiger partial charge in [0, 0.05) is 6.54 Å². The molecule has 0 bridgehead atoms. The highest BCUT2D eigenvalue weighted by molar-refractivity contribution is 5.80. The second-order valence-electron chi connectivity index (χ2n) is 5.37. The average Bonchev–Trinajstić information content (AvgIpc) is 2.34. The van der Waals surface area contributed by atoms with Gasteiger partial charge in [0.1, 0.15) is 0 Å². The van der Waals surface area contributed by atoms with Crippen molar-refractivity contribution in [1.82, 2.24) is 10.2 Å². The number of carbonyl (C=O) groups is 1. The van der Waals surface area contributed by atoms with Crippen LogP contribution in [0.25, 0.3) is 0 Å². The molecule has 3 nitrogen and oxygen atoms in total. The van der Waals surface area contributed by atoms with Crippen LogP contribution in [0.5, 0.6) is 0 Å². The van der Waals surface area contributed by atoms with E-state index in [1.54, 1.807) is 0 Å². The molecule has 0 aromatic rings. The summed E-state index contributed by atoms with van der Waals surface area (Å²) in [7, 11) is 0. The van der Waals surface area contributed by atoms with Crippen molar-refractivity contribution in [3.8, 4) is 0 Å². The van der Waals surface area contributed by atoms with Crippen LogP contribution in [0.1, 0.15) is 34.6 Å². The van der Waals surface area contributed by atoms with Crippen molar-refractivity contribution in [2.75, 3.05) is 13.1 Å². The lowest BCUT2D eigenvalue weighted by Crippen LogP contribution is -2.40. The Bertz CT molecular complexity index is 220. The Morgan fingerprint density at radius 2 is 2.14 bits per heavy atom. The zero-order valence-electron chi connectivity index (χ0n) is 9.92. The smallest absolute Gasteiger partial charge is 0.237 e. The molecule has 0 spiro atoms. The highest BCUT2D eigenvalue weighted by atomic mass is 16.2. The van der Waals surface area contributed by atoms with Crippen LogP contribution in [-0.4, -0.2) is 30.1 Å². The van der Waals surface area contributed by atoms with Gasteiger partial charge in [-0.15, -0.1) is 0 Å². The largest absolute Gasteiger partial charge is 0.326 e. The van der Waals surface area contributed by atoms with Crippen molar-refractivity contribution >= 4 is 5.91 Å². The third kappa shape index (κ3) is 2.47. The predicted molar refractivity (Wildman–Crippen MR) is 57.8 cm³/mol. The summed E-state index contributed by atoms with van der Waals surface area (Å²) in [6.07, 6.45) is 0.201. The summed E-state index contributed by atoms with van der Waals surface area (Å²) in [4.78, 5) is 13.5. The molecule has 0 aliphatic carbocycles. The van der Waals surface area contributed by atoms with Gasteiger partial charge in [0.25, 0.3) is 0 Å². The van der Waals surface area contributed by atoms with E-state index in [1.165, 1.54) is 0 Å². The molecule has 14 heavy (non-hydrogen) atoms. The van der Waals surface area contributed by atoms with Crippen molar-refractivity contribution in [2.24, 2.45) is 11.3 Å². The van der Waals surface area contributed by atoms with Crippen LogP contribution in [0.2, 0.25) is 0 Å². The topological polar surface area (TPSA) is 32.3 Å². The maximum Gasteiger partial charge on any atom is 0.237 e. The van der Waals surface area contributed by atoms with E-state index in [-0.39, 0.29) is 17.5 Å². The molecule has 0 aromatic carbocycles. The second kappa shape index (κ2) is 3.89. The molecule has 1 N–H and O–H groups in total. The van der Waals surface area contributed by atoms with Crippen LogP contribution in [0, 0.1) is 11.3 Å². The van der Waals surface area contributed by atoms with E-state index in [9.17, 15) is 4.79 Å². The van der Waals surface area contributed by atoms with Crippen LogP contribution >= 0.6 is 0 Å². The van der Waals surface area contributed by atoms with E-state index in [0.29, 0.717) is 12.5 Å². The normalized spacial score (nSPS) is 25.6. The van der Waals surface area contributed by atoms with Gasteiger partial charge >= 0.3 is 0 Å².